The summed E-state index contributed by atoms with van der Waals surface area (Å²) in [7, 11) is 0. The van der Waals surface area contributed by atoms with Gasteiger partial charge in [-0.05, 0) is 42.7 Å². The summed E-state index contributed by atoms with van der Waals surface area (Å²) < 4.78 is 2.06. The Balaban J connectivity index is 1.39. The number of hydrogen-bond acceptors (Lipinski definition) is 4. The fourth-order valence-corrected chi connectivity index (χ4v) is 4.79. The van der Waals surface area contributed by atoms with Crippen molar-refractivity contribution in [1.29, 1.82) is 0 Å². The number of thioether (sulfide) groups is 1. The van der Waals surface area contributed by atoms with Gasteiger partial charge in [0.15, 0.2) is 5.16 Å². The highest BCUT2D eigenvalue weighted by molar-refractivity contribution is 7.99. The second-order valence-corrected chi connectivity index (χ2v) is 9.53. The van der Waals surface area contributed by atoms with Gasteiger partial charge in [0.2, 0.25) is 5.91 Å². The molecule has 7 heteroatoms. The van der Waals surface area contributed by atoms with Crippen molar-refractivity contribution in [3.63, 3.8) is 0 Å². The molecule has 0 fully saturated rings. The molecular weight excluding hydrogens is 464 g/mol. The summed E-state index contributed by atoms with van der Waals surface area (Å²) in [6, 6.07) is 27.9. The minimum Gasteiger partial charge on any atom is -0.350 e. The molecule has 0 aliphatic heterocycles. The third kappa shape index (κ3) is 6.49. The van der Waals surface area contributed by atoms with Gasteiger partial charge in [-0.15, -0.1) is 10.2 Å². The molecule has 1 heterocycles. The Morgan fingerprint density at radius 1 is 1.00 bits per heavy atom. The molecule has 1 unspecified atom stereocenters. The molecular formula is C27H27ClN4OS. The van der Waals surface area contributed by atoms with Crippen LogP contribution >= 0.6 is 23.4 Å². The second kappa shape index (κ2) is 11.9. The summed E-state index contributed by atoms with van der Waals surface area (Å²) in [5.74, 6) is 1.67. The van der Waals surface area contributed by atoms with E-state index in [0.29, 0.717) is 17.9 Å². The summed E-state index contributed by atoms with van der Waals surface area (Å²) in [6.07, 6.45) is 1.88. The van der Waals surface area contributed by atoms with E-state index in [2.05, 4.69) is 32.2 Å². The predicted molar refractivity (Wildman–Crippen MR) is 139 cm³/mol. The number of nitrogens with one attached hydrogen (secondary N) is 1. The fraction of sp³-hybridized carbons (Fsp3) is 0.222. The van der Waals surface area contributed by atoms with Crippen molar-refractivity contribution in [2.75, 3.05) is 5.75 Å². The molecule has 1 atom stereocenters. The highest BCUT2D eigenvalue weighted by Gasteiger charge is 2.16. The Bertz CT molecular complexity index is 1210. The Kier molecular flexibility index (Phi) is 8.39. The molecule has 1 aromatic heterocycles. The van der Waals surface area contributed by atoms with Crippen LogP contribution in [0.25, 0.3) is 5.69 Å². The largest absolute Gasteiger partial charge is 0.350 e. The Morgan fingerprint density at radius 2 is 1.74 bits per heavy atom. The molecule has 0 saturated heterocycles. The number of aromatic nitrogens is 3. The fourth-order valence-electron chi connectivity index (χ4n) is 3.70. The molecule has 174 valence electrons. The lowest BCUT2D eigenvalue weighted by Crippen LogP contribution is -2.26. The van der Waals surface area contributed by atoms with Crippen LogP contribution in [0.5, 0.6) is 0 Å². The predicted octanol–water partition coefficient (Wildman–Crippen LogP) is 6.26. The number of amides is 1. The first-order chi connectivity index (χ1) is 16.6. The van der Waals surface area contributed by atoms with Crippen molar-refractivity contribution in [2.45, 2.75) is 37.4 Å². The van der Waals surface area contributed by atoms with Gasteiger partial charge in [0.05, 0.1) is 11.7 Å². The highest BCUT2D eigenvalue weighted by atomic mass is 35.5. The van der Waals surface area contributed by atoms with E-state index in [1.54, 1.807) is 11.8 Å². The van der Waals surface area contributed by atoms with Crippen LogP contribution in [0.4, 0.5) is 0 Å². The highest BCUT2D eigenvalue weighted by Crippen LogP contribution is 2.26. The molecule has 0 saturated carbocycles. The molecule has 0 radical (unpaired) electrons. The van der Waals surface area contributed by atoms with Crippen LogP contribution in [0.3, 0.4) is 0 Å². The number of halogens is 1. The van der Waals surface area contributed by atoms with Crippen LogP contribution in [-0.2, 0) is 11.2 Å². The zero-order valence-corrected chi connectivity index (χ0v) is 20.6. The summed E-state index contributed by atoms with van der Waals surface area (Å²) in [5, 5.41) is 13.5. The Hall–Kier alpha value is -3.09. The van der Waals surface area contributed by atoms with E-state index < -0.39 is 0 Å². The van der Waals surface area contributed by atoms with Crippen LogP contribution in [-0.4, -0.2) is 26.4 Å². The van der Waals surface area contributed by atoms with Crippen molar-refractivity contribution < 1.29 is 4.79 Å². The zero-order valence-electron chi connectivity index (χ0n) is 19.0. The van der Waals surface area contributed by atoms with Crippen molar-refractivity contribution in [1.82, 2.24) is 20.1 Å². The van der Waals surface area contributed by atoms with Gasteiger partial charge >= 0.3 is 0 Å². The van der Waals surface area contributed by atoms with E-state index in [9.17, 15) is 4.79 Å². The standard InChI is InChI=1S/C27H27ClN4OS/c1-20(22-12-6-3-7-13-22)29-26(33)16-9-17-34-27-31-30-25(18-21-10-4-2-5-11-21)32(27)24-15-8-14-23(28)19-24/h2-8,10-15,19-20H,9,16-18H2,1H3,(H,29,33). The lowest BCUT2D eigenvalue weighted by atomic mass is 10.1. The van der Waals surface area contributed by atoms with E-state index in [1.807, 2.05) is 79.7 Å². The molecule has 34 heavy (non-hydrogen) atoms. The third-order valence-electron chi connectivity index (χ3n) is 5.43. The second-order valence-electron chi connectivity index (χ2n) is 8.03. The maximum Gasteiger partial charge on any atom is 0.220 e. The molecule has 1 amide bonds. The first kappa shape index (κ1) is 24.0. The zero-order chi connectivity index (χ0) is 23.8. The maximum absolute atomic E-state index is 12.4. The van der Waals surface area contributed by atoms with Crippen molar-refractivity contribution in [3.8, 4) is 5.69 Å². The summed E-state index contributed by atoms with van der Waals surface area (Å²) in [5.41, 5.74) is 3.20. The van der Waals surface area contributed by atoms with Gasteiger partial charge < -0.3 is 5.32 Å². The minimum atomic E-state index is -0.00664. The van der Waals surface area contributed by atoms with Crippen LogP contribution in [0, 0.1) is 0 Å². The van der Waals surface area contributed by atoms with Crippen molar-refractivity contribution in [3.05, 3.63) is 107 Å². The quantitative estimate of drug-likeness (QED) is 0.210. The van der Waals surface area contributed by atoms with Gasteiger partial charge in [0.1, 0.15) is 5.82 Å². The smallest absolute Gasteiger partial charge is 0.220 e. The first-order valence-corrected chi connectivity index (χ1v) is 12.7. The molecule has 4 rings (SSSR count). The van der Waals surface area contributed by atoms with E-state index in [-0.39, 0.29) is 11.9 Å². The molecule has 4 aromatic rings. The van der Waals surface area contributed by atoms with Crippen LogP contribution < -0.4 is 5.32 Å². The Labute approximate surface area is 209 Å². The van der Waals surface area contributed by atoms with Crippen molar-refractivity contribution >= 4 is 29.3 Å². The number of rotatable bonds is 10. The normalized spacial score (nSPS) is 11.8. The summed E-state index contributed by atoms with van der Waals surface area (Å²) in [4.78, 5) is 12.4. The molecule has 0 spiro atoms. The molecule has 1 N–H and O–H groups in total. The van der Waals surface area contributed by atoms with E-state index in [1.165, 1.54) is 5.56 Å². The van der Waals surface area contributed by atoms with Gasteiger partial charge in [-0.1, -0.05) is 90.1 Å². The lowest BCUT2D eigenvalue weighted by molar-refractivity contribution is -0.121. The van der Waals surface area contributed by atoms with Gasteiger partial charge in [-0.25, -0.2) is 0 Å². The van der Waals surface area contributed by atoms with Crippen molar-refractivity contribution in [2.24, 2.45) is 0 Å². The first-order valence-electron chi connectivity index (χ1n) is 11.3. The van der Waals surface area contributed by atoms with E-state index in [4.69, 9.17) is 11.6 Å². The molecule has 3 aromatic carbocycles. The van der Waals surface area contributed by atoms with Crippen LogP contribution in [0.15, 0.2) is 90.1 Å². The van der Waals surface area contributed by atoms with Gasteiger partial charge in [0.25, 0.3) is 0 Å². The average molecular weight is 491 g/mol. The molecule has 5 nitrogen and oxygen atoms in total. The number of carbonyl (C=O) groups is 1. The summed E-state index contributed by atoms with van der Waals surface area (Å²) in [6.45, 7) is 2.00. The van der Waals surface area contributed by atoms with Gasteiger partial charge in [-0.2, -0.15) is 0 Å². The molecule has 0 aliphatic carbocycles. The van der Waals surface area contributed by atoms with E-state index in [0.717, 1.165) is 34.4 Å². The number of carbonyl (C=O) groups excluding carboxylic acids is 1. The number of hydrogen-bond donors (Lipinski definition) is 1. The van der Waals surface area contributed by atoms with Crippen LogP contribution in [0.1, 0.15) is 42.8 Å². The van der Waals surface area contributed by atoms with Crippen LogP contribution in [0.2, 0.25) is 5.02 Å². The maximum atomic E-state index is 12.4. The molecule has 0 bridgehead atoms. The topological polar surface area (TPSA) is 59.8 Å². The number of nitrogens with zero attached hydrogens (tertiary/aromatic N) is 3. The Morgan fingerprint density at radius 3 is 2.47 bits per heavy atom. The molecule has 0 aliphatic rings. The SMILES string of the molecule is CC(NC(=O)CCCSc1nnc(Cc2ccccc2)n1-c1cccc(Cl)c1)c1ccccc1. The minimum absolute atomic E-state index is 0.00664. The summed E-state index contributed by atoms with van der Waals surface area (Å²) >= 11 is 7.87. The monoisotopic (exact) mass is 490 g/mol. The van der Waals surface area contributed by atoms with E-state index >= 15 is 0 Å². The van der Waals surface area contributed by atoms with Gasteiger partial charge in [-0.3, -0.25) is 9.36 Å². The van der Waals surface area contributed by atoms with Gasteiger partial charge in [0, 0.05) is 23.6 Å². The lowest BCUT2D eigenvalue weighted by Gasteiger charge is -2.14. The average Bonchev–Trinajstić information content (AvgIpc) is 3.25. The number of benzene rings is 3. The third-order valence-corrected chi connectivity index (χ3v) is 6.68.